The predicted molar refractivity (Wildman–Crippen MR) is 57.9 cm³/mol. The van der Waals surface area contributed by atoms with Crippen LogP contribution in [0.2, 0.25) is 0 Å². The second kappa shape index (κ2) is 3.27. The Balaban J connectivity index is 2.59. The Morgan fingerprint density at radius 2 is 1.88 bits per heavy atom. The van der Waals surface area contributed by atoms with Gasteiger partial charge in [0.15, 0.2) is 0 Å². The molecular weight excluding hydrogens is 212 g/mol. The van der Waals surface area contributed by atoms with Gasteiger partial charge >= 0.3 is 0 Å². The zero-order chi connectivity index (χ0) is 11.9. The van der Waals surface area contributed by atoms with E-state index in [1.54, 1.807) is 0 Å². The fourth-order valence-corrected chi connectivity index (χ4v) is 1.47. The number of nitrogens with two attached hydrogens (primary N) is 1. The van der Waals surface area contributed by atoms with E-state index in [4.69, 9.17) is 5.73 Å². The third kappa shape index (κ3) is 1.28. The lowest BCUT2D eigenvalue weighted by Crippen LogP contribution is -2.35. The van der Waals surface area contributed by atoms with Gasteiger partial charge in [-0.25, -0.2) is 0 Å². The Kier molecular flexibility index (Phi) is 2.05. The Hall–Kier alpha value is -2.50. The summed E-state index contributed by atoms with van der Waals surface area (Å²) in [6.45, 7) is 0. The predicted octanol–water partition coefficient (Wildman–Crippen LogP) is 0.440. The molecule has 80 valence electrons. The second-order valence-electron chi connectivity index (χ2n) is 3.25. The van der Waals surface area contributed by atoms with E-state index in [2.05, 4.69) is 0 Å². The highest BCUT2D eigenvalue weighted by Gasteiger charge is 2.20. The van der Waals surface area contributed by atoms with Crippen molar-refractivity contribution >= 4 is 11.4 Å². The van der Waals surface area contributed by atoms with Crippen LogP contribution in [0.15, 0.2) is 33.9 Å². The first kappa shape index (κ1) is 10.0. The molecule has 16 heavy (non-hydrogen) atoms. The summed E-state index contributed by atoms with van der Waals surface area (Å²) in [4.78, 5) is 32.0. The highest BCUT2D eigenvalue weighted by atomic mass is 16.6. The van der Waals surface area contributed by atoms with Gasteiger partial charge in [0.2, 0.25) is 10.9 Å². The van der Waals surface area contributed by atoms with Crippen molar-refractivity contribution in [1.29, 1.82) is 0 Å². The number of hydrogen-bond donors (Lipinski definition) is 1. The van der Waals surface area contributed by atoms with Gasteiger partial charge in [-0.15, -0.1) is 0 Å². The van der Waals surface area contributed by atoms with Gasteiger partial charge in [-0.1, -0.05) is 12.1 Å². The molecule has 0 saturated heterocycles. The summed E-state index contributed by atoms with van der Waals surface area (Å²) >= 11 is 0. The van der Waals surface area contributed by atoms with E-state index in [9.17, 15) is 19.7 Å². The molecule has 0 saturated carbocycles. The first-order chi connectivity index (χ1) is 7.52. The van der Waals surface area contributed by atoms with Gasteiger partial charge in [0.25, 0.3) is 5.69 Å². The van der Waals surface area contributed by atoms with Crippen molar-refractivity contribution in [2.24, 2.45) is 0 Å². The summed E-state index contributed by atoms with van der Waals surface area (Å²) in [6.07, 6.45) is 0. The van der Waals surface area contributed by atoms with Crippen LogP contribution in [-0.4, -0.2) is 4.92 Å². The maximum absolute atomic E-state index is 11.2. The average molecular weight is 218 g/mol. The third-order valence-electron chi connectivity index (χ3n) is 2.29. The fourth-order valence-electron chi connectivity index (χ4n) is 1.47. The SMILES string of the molecule is Nc1c(-c2cccc([N+](=O)[O-])c2)c(=O)c1=O. The van der Waals surface area contributed by atoms with Crippen LogP contribution in [-0.2, 0) is 0 Å². The van der Waals surface area contributed by atoms with E-state index in [0.29, 0.717) is 5.56 Å². The molecule has 6 heteroatoms. The number of nitro benzene ring substituents is 1. The summed E-state index contributed by atoms with van der Waals surface area (Å²) in [7, 11) is 0. The molecule has 2 aromatic rings. The van der Waals surface area contributed by atoms with Crippen LogP contribution >= 0.6 is 0 Å². The Bertz CT molecular complexity index is 653. The summed E-state index contributed by atoms with van der Waals surface area (Å²) in [5, 5.41) is 10.5. The molecule has 0 aliphatic heterocycles. The van der Waals surface area contributed by atoms with Gasteiger partial charge in [0.05, 0.1) is 16.2 Å². The van der Waals surface area contributed by atoms with Gasteiger partial charge in [0.1, 0.15) is 0 Å². The number of anilines is 1. The number of hydrogen-bond acceptors (Lipinski definition) is 5. The summed E-state index contributed by atoms with van der Waals surface area (Å²) in [5.74, 6) is 0. The zero-order valence-corrected chi connectivity index (χ0v) is 7.97. The molecule has 0 bridgehead atoms. The van der Waals surface area contributed by atoms with E-state index in [-0.39, 0.29) is 16.9 Å². The first-order valence-corrected chi connectivity index (χ1v) is 4.36. The summed E-state index contributed by atoms with van der Waals surface area (Å²) in [5.41, 5.74) is 4.01. The minimum atomic E-state index is -0.735. The van der Waals surface area contributed by atoms with Crippen molar-refractivity contribution in [2.45, 2.75) is 0 Å². The van der Waals surface area contributed by atoms with Crippen LogP contribution in [0.1, 0.15) is 0 Å². The molecular formula is C10H6N2O4. The van der Waals surface area contributed by atoms with E-state index in [1.807, 2.05) is 0 Å². The number of nitrogens with zero attached hydrogens (tertiary/aromatic N) is 1. The van der Waals surface area contributed by atoms with Crippen molar-refractivity contribution in [3.63, 3.8) is 0 Å². The summed E-state index contributed by atoms with van der Waals surface area (Å²) in [6, 6.07) is 5.45. The molecule has 0 fully saturated rings. The lowest BCUT2D eigenvalue weighted by Gasteiger charge is -2.05. The minimum Gasteiger partial charge on any atom is -0.395 e. The number of non-ortho nitro benzene ring substituents is 1. The summed E-state index contributed by atoms with van der Waals surface area (Å²) < 4.78 is 0. The molecule has 0 radical (unpaired) electrons. The van der Waals surface area contributed by atoms with Gasteiger partial charge in [0, 0.05) is 12.1 Å². The molecule has 0 heterocycles. The molecule has 0 spiro atoms. The smallest absolute Gasteiger partial charge is 0.270 e. The molecule has 2 N–H and O–H groups in total. The number of nitrogen functional groups attached to an aromatic ring is 1. The van der Waals surface area contributed by atoms with E-state index in [0.717, 1.165) is 0 Å². The molecule has 6 nitrogen and oxygen atoms in total. The molecule has 0 unspecified atom stereocenters. The van der Waals surface area contributed by atoms with Crippen molar-refractivity contribution < 1.29 is 4.92 Å². The Labute approximate surface area is 88.8 Å². The highest BCUT2D eigenvalue weighted by Crippen LogP contribution is 2.24. The standard InChI is InChI=1S/C10H6N2O4/c11-8-7(9(13)10(8)14)5-2-1-3-6(4-5)12(15)16/h1-4H,11H2. The fraction of sp³-hybridized carbons (Fsp3) is 0. The maximum Gasteiger partial charge on any atom is 0.270 e. The topological polar surface area (TPSA) is 103 Å². The maximum atomic E-state index is 11.2. The van der Waals surface area contributed by atoms with E-state index >= 15 is 0 Å². The average Bonchev–Trinajstić information content (AvgIpc) is 2.29. The Morgan fingerprint density at radius 1 is 1.19 bits per heavy atom. The van der Waals surface area contributed by atoms with Crippen LogP contribution < -0.4 is 16.6 Å². The monoisotopic (exact) mass is 218 g/mol. The molecule has 0 amide bonds. The molecule has 0 atom stereocenters. The third-order valence-corrected chi connectivity index (χ3v) is 2.29. The number of rotatable bonds is 2. The van der Waals surface area contributed by atoms with Crippen molar-refractivity contribution in [3.05, 3.63) is 54.8 Å². The zero-order valence-electron chi connectivity index (χ0n) is 7.97. The number of nitro groups is 1. The largest absolute Gasteiger partial charge is 0.395 e. The normalized spacial score (nSPS) is 10.5. The van der Waals surface area contributed by atoms with Gasteiger partial charge in [-0.3, -0.25) is 19.7 Å². The second-order valence-corrected chi connectivity index (χ2v) is 3.25. The Morgan fingerprint density at radius 3 is 2.44 bits per heavy atom. The molecule has 0 aliphatic rings. The van der Waals surface area contributed by atoms with E-state index in [1.165, 1.54) is 24.3 Å². The van der Waals surface area contributed by atoms with Crippen LogP contribution in [0.5, 0.6) is 0 Å². The molecule has 2 rings (SSSR count). The van der Waals surface area contributed by atoms with E-state index < -0.39 is 15.8 Å². The van der Waals surface area contributed by atoms with Crippen LogP contribution in [0.4, 0.5) is 11.4 Å². The lowest BCUT2D eigenvalue weighted by atomic mass is 9.99. The van der Waals surface area contributed by atoms with Gasteiger partial charge in [-0.05, 0) is 5.56 Å². The molecule has 2 aromatic carbocycles. The van der Waals surface area contributed by atoms with Crippen molar-refractivity contribution in [1.82, 2.24) is 0 Å². The van der Waals surface area contributed by atoms with Crippen LogP contribution in [0.25, 0.3) is 11.1 Å². The van der Waals surface area contributed by atoms with Crippen molar-refractivity contribution in [3.8, 4) is 11.1 Å². The minimum absolute atomic E-state index is 0.0636. The van der Waals surface area contributed by atoms with Crippen LogP contribution in [0, 0.1) is 10.1 Å². The van der Waals surface area contributed by atoms with Gasteiger partial charge in [-0.2, -0.15) is 0 Å². The van der Waals surface area contributed by atoms with Crippen LogP contribution in [0.3, 0.4) is 0 Å². The molecule has 0 aliphatic carbocycles. The van der Waals surface area contributed by atoms with Crippen molar-refractivity contribution in [2.75, 3.05) is 5.73 Å². The highest BCUT2D eigenvalue weighted by molar-refractivity contribution is 5.81. The first-order valence-electron chi connectivity index (χ1n) is 4.36. The quantitative estimate of drug-likeness (QED) is 0.447. The lowest BCUT2D eigenvalue weighted by molar-refractivity contribution is -0.384. The number of benzene rings is 1. The molecule has 0 aromatic heterocycles. The van der Waals surface area contributed by atoms with Gasteiger partial charge < -0.3 is 5.73 Å².